The summed E-state index contributed by atoms with van der Waals surface area (Å²) in [5, 5.41) is 9.29. The summed E-state index contributed by atoms with van der Waals surface area (Å²) in [6, 6.07) is 2.52. The van der Waals surface area contributed by atoms with Crippen LogP contribution < -0.4 is 0 Å². The lowest BCUT2D eigenvalue weighted by atomic mass is 9.91. The van der Waals surface area contributed by atoms with Gasteiger partial charge in [-0.2, -0.15) is 26.3 Å². The second-order valence-electron chi connectivity index (χ2n) is 5.16. The highest BCUT2D eigenvalue weighted by Gasteiger charge is 2.71. The van der Waals surface area contributed by atoms with Crippen molar-refractivity contribution in [1.29, 1.82) is 0 Å². The summed E-state index contributed by atoms with van der Waals surface area (Å²) in [7, 11) is 1.42. The number of nitrogens with zero attached hydrogens (tertiary/aromatic N) is 1. The lowest BCUT2D eigenvalue weighted by Gasteiger charge is -2.32. The van der Waals surface area contributed by atoms with Crippen LogP contribution in [0.2, 0.25) is 0 Å². The average Bonchev–Trinajstić information content (AvgIpc) is 2.52. The molecule has 0 radical (unpaired) electrons. The van der Waals surface area contributed by atoms with Gasteiger partial charge in [0.15, 0.2) is 0 Å². The lowest BCUT2D eigenvalue weighted by Crippen LogP contribution is -2.53. The van der Waals surface area contributed by atoms with Gasteiger partial charge in [-0.3, -0.25) is 4.79 Å². The van der Waals surface area contributed by atoms with Gasteiger partial charge in [-0.05, 0) is 19.1 Å². The molecule has 0 fully saturated rings. The quantitative estimate of drug-likeness (QED) is 0.780. The molecule has 0 aliphatic rings. The van der Waals surface area contributed by atoms with Crippen LogP contribution in [0.4, 0.5) is 26.3 Å². The Labute approximate surface area is 140 Å². The Morgan fingerprint density at radius 1 is 1.08 bits per heavy atom. The molecule has 0 bridgehead atoms. The molecule has 0 saturated heterocycles. The Kier molecular flexibility index (Phi) is 6.46. The first-order chi connectivity index (χ1) is 11.4. The van der Waals surface area contributed by atoms with Crippen molar-refractivity contribution >= 4 is 5.91 Å². The molecule has 0 atom stereocenters. The number of benzene rings is 1. The fraction of sp³-hybridized carbons (Fsp3) is 0.533. The Hall–Kier alpha value is -1.81. The van der Waals surface area contributed by atoms with Gasteiger partial charge in [0, 0.05) is 31.3 Å². The van der Waals surface area contributed by atoms with E-state index in [1.54, 1.807) is 6.92 Å². The molecular weight excluding hydrogens is 356 g/mol. The topological polar surface area (TPSA) is 49.8 Å². The van der Waals surface area contributed by atoms with E-state index in [4.69, 9.17) is 4.74 Å². The minimum Gasteiger partial charge on any atom is -0.383 e. The zero-order valence-corrected chi connectivity index (χ0v) is 13.4. The van der Waals surface area contributed by atoms with Crippen LogP contribution in [0.3, 0.4) is 0 Å². The van der Waals surface area contributed by atoms with Gasteiger partial charge in [-0.15, -0.1) is 0 Å². The van der Waals surface area contributed by atoms with Crippen LogP contribution in [0.1, 0.15) is 22.8 Å². The van der Waals surface area contributed by atoms with Crippen LogP contribution in [0.25, 0.3) is 0 Å². The molecule has 1 amide bonds. The summed E-state index contributed by atoms with van der Waals surface area (Å²) in [6.45, 7) is 2.37. The molecule has 1 N–H and O–H groups in total. The number of carbonyl (C=O) groups is 1. The van der Waals surface area contributed by atoms with Gasteiger partial charge in [0.05, 0.1) is 6.61 Å². The van der Waals surface area contributed by atoms with Gasteiger partial charge in [-0.1, -0.05) is 12.1 Å². The Bertz CT molecular complexity index is 568. The Morgan fingerprint density at radius 3 is 1.92 bits per heavy atom. The summed E-state index contributed by atoms with van der Waals surface area (Å²) in [6.07, 6.45) is -11.9. The first kappa shape index (κ1) is 21.2. The number of rotatable bonds is 6. The highest BCUT2D eigenvalue weighted by molar-refractivity contribution is 5.94. The molecule has 0 aliphatic heterocycles. The van der Waals surface area contributed by atoms with Crippen molar-refractivity contribution in [1.82, 2.24) is 4.90 Å². The summed E-state index contributed by atoms with van der Waals surface area (Å²) in [5.74, 6) is -0.575. The number of hydrogen-bond donors (Lipinski definition) is 1. The van der Waals surface area contributed by atoms with Crippen molar-refractivity contribution in [2.24, 2.45) is 0 Å². The zero-order chi connectivity index (χ0) is 19.5. The first-order valence-corrected chi connectivity index (χ1v) is 7.14. The van der Waals surface area contributed by atoms with E-state index in [9.17, 15) is 36.2 Å². The highest BCUT2D eigenvalue weighted by atomic mass is 19.4. The van der Waals surface area contributed by atoms with Crippen molar-refractivity contribution in [3.8, 4) is 0 Å². The van der Waals surface area contributed by atoms with E-state index in [2.05, 4.69) is 0 Å². The van der Waals surface area contributed by atoms with Crippen LogP contribution in [-0.2, 0) is 10.3 Å². The van der Waals surface area contributed by atoms with E-state index >= 15 is 0 Å². The van der Waals surface area contributed by atoms with E-state index < -0.39 is 29.4 Å². The van der Waals surface area contributed by atoms with Crippen LogP contribution >= 0.6 is 0 Å². The monoisotopic (exact) mass is 373 g/mol. The normalized spacial score (nSPS) is 13.0. The average molecular weight is 373 g/mol. The minimum absolute atomic E-state index is 0.103. The second-order valence-corrected chi connectivity index (χ2v) is 5.16. The minimum atomic E-state index is -5.97. The molecule has 1 aromatic carbocycles. The largest absolute Gasteiger partial charge is 0.430 e. The van der Waals surface area contributed by atoms with Crippen LogP contribution in [0.15, 0.2) is 24.3 Å². The fourth-order valence-corrected chi connectivity index (χ4v) is 2.13. The molecule has 0 saturated carbocycles. The van der Waals surface area contributed by atoms with Crippen LogP contribution in [0.5, 0.6) is 0 Å². The number of halogens is 6. The third-order valence-electron chi connectivity index (χ3n) is 3.60. The number of aliphatic hydroxyl groups is 1. The van der Waals surface area contributed by atoms with Gasteiger partial charge in [0.1, 0.15) is 0 Å². The maximum Gasteiger partial charge on any atom is 0.430 e. The molecule has 4 nitrogen and oxygen atoms in total. The smallest absolute Gasteiger partial charge is 0.383 e. The number of hydrogen-bond acceptors (Lipinski definition) is 3. The van der Waals surface area contributed by atoms with Gasteiger partial charge in [0.25, 0.3) is 11.5 Å². The third kappa shape index (κ3) is 4.24. The predicted molar refractivity (Wildman–Crippen MR) is 75.9 cm³/mol. The van der Waals surface area contributed by atoms with Crippen molar-refractivity contribution in [2.45, 2.75) is 24.9 Å². The van der Waals surface area contributed by atoms with Gasteiger partial charge in [0.2, 0.25) is 0 Å². The standard InChI is InChI=1S/C15H17F6NO3/c1-3-22(8-9-25-2)12(23)10-4-6-11(7-5-10)13(24,14(16,17)18)15(19,20)21/h4-7,24H,3,8-9H2,1-2H3. The number of ether oxygens (including phenoxy) is 1. The Balaban J connectivity index is 3.18. The van der Waals surface area contributed by atoms with E-state index in [1.165, 1.54) is 12.0 Å². The van der Waals surface area contributed by atoms with Crippen LogP contribution in [-0.4, -0.2) is 55.1 Å². The summed E-state index contributed by atoms with van der Waals surface area (Å²) in [5.41, 5.74) is -6.53. The van der Waals surface area contributed by atoms with Gasteiger partial charge >= 0.3 is 12.4 Å². The summed E-state index contributed by atoms with van der Waals surface area (Å²) >= 11 is 0. The molecule has 25 heavy (non-hydrogen) atoms. The third-order valence-corrected chi connectivity index (χ3v) is 3.60. The van der Waals surface area contributed by atoms with E-state index in [0.717, 1.165) is 12.1 Å². The van der Waals surface area contributed by atoms with Gasteiger partial charge in [-0.25, -0.2) is 0 Å². The summed E-state index contributed by atoms with van der Waals surface area (Å²) in [4.78, 5) is 13.5. The highest BCUT2D eigenvalue weighted by Crippen LogP contribution is 2.49. The lowest BCUT2D eigenvalue weighted by molar-refractivity contribution is -0.376. The van der Waals surface area contributed by atoms with Crippen molar-refractivity contribution in [3.63, 3.8) is 0 Å². The fourth-order valence-electron chi connectivity index (χ4n) is 2.13. The van der Waals surface area contributed by atoms with E-state index in [-0.39, 0.29) is 25.3 Å². The number of carbonyl (C=O) groups excluding carboxylic acids is 1. The van der Waals surface area contributed by atoms with E-state index in [1.807, 2.05) is 0 Å². The Morgan fingerprint density at radius 2 is 1.56 bits per heavy atom. The van der Waals surface area contributed by atoms with Gasteiger partial charge < -0.3 is 14.7 Å². The molecule has 0 aliphatic carbocycles. The molecule has 0 spiro atoms. The van der Waals surface area contributed by atoms with Crippen molar-refractivity contribution in [2.75, 3.05) is 26.8 Å². The number of amides is 1. The number of alkyl halides is 6. The maximum absolute atomic E-state index is 12.8. The molecular formula is C15H17F6NO3. The predicted octanol–water partition coefficient (Wildman–Crippen LogP) is 3.11. The molecule has 142 valence electrons. The van der Waals surface area contributed by atoms with E-state index in [0.29, 0.717) is 12.1 Å². The molecule has 0 aromatic heterocycles. The number of methoxy groups -OCH3 is 1. The summed E-state index contributed by atoms with van der Waals surface area (Å²) < 4.78 is 81.7. The number of likely N-dealkylation sites (N-methyl/N-ethyl adjacent to an activating group) is 1. The molecule has 1 aromatic rings. The van der Waals surface area contributed by atoms with Crippen molar-refractivity contribution in [3.05, 3.63) is 35.4 Å². The second kappa shape index (κ2) is 7.61. The first-order valence-electron chi connectivity index (χ1n) is 7.14. The molecule has 10 heteroatoms. The van der Waals surface area contributed by atoms with Crippen molar-refractivity contribution < 1.29 is 41.0 Å². The van der Waals surface area contributed by atoms with Crippen LogP contribution in [0, 0.1) is 0 Å². The maximum atomic E-state index is 12.8. The zero-order valence-electron chi connectivity index (χ0n) is 13.4. The SMILES string of the molecule is CCN(CCOC)C(=O)c1ccc(C(O)(C(F)(F)F)C(F)(F)F)cc1. The molecule has 1 rings (SSSR count). The molecule has 0 unspecified atom stereocenters. The molecule has 0 heterocycles.